The van der Waals surface area contributed by atoms with E-state index in [-0.39, 0.29) is 11.8 Å². The molecule has 0 aromatic carbocycles. The molecular weight excluding hydrogens is 426 g/mol. The molecule has 3 aromatic rings. The van der Waals surface area contributed by atoms with Gasteiger partial charge >= 0.3 is 0 Å². The minimum absolute atomic E-state index is 0.232. The molecule has 1 saturated heterocycles. The van der Waals surface area contributed by atoms with Crippen molar-refractivity contribution in [2.45, 2.75) is 56.4 Å². The molecule has 31 heavy (non-hydrogen) atoms. The van der Waals surface area contributed by atoms with Gasteiger partial charge in [0, 0.05) is 54.6 Å². The van der Waals surface area contributed by atoms with Crippen molar-refractivity contribution in [3.63, 3.8) is 0 Å². The molecule has 1 aliphatic rings. The molecular formula is C23H27N5OS2. The van der Waals surface area contributed by atoms with Gasteiger partial charge in [-0.15, -0.1) is 11.3 Å². The molecule has 8 heteroatoms. The number of thiazole rings is 1. The number of aryl methyl sites for hydroxylation is 3. The summed E-state index contributed by atoms with van der Waals surface area (Å²) < 4.78 is 0. The SMILES string of the molecule is Cc1cnc(SCc2cccnc2)nc1C1CCCN(C(=O)CCc2scnc2C)C1. The summed E-state index contributed by atoms with van der Waals surface area (Å²) in [7, 11) is 0. The van der Waals surface area contributed by atoms with Crippen LogP contribution in [0.5, 0.6) is 0 Å². The lowest BCUT2D eigenvalue weighted by Gasteiger charge is -2.33. The zero-order valence-corrected chi connectivity index (χ0v) is 19.6. The van der Waals surface area contributed by atoms with Crippen LogP contribution in [-0.4, -0.2) is 43.8 Å². The van der Waals surface area contributed by atoms with Crippen molar-refractivity contribution in [3.8, 4) is 0 Å². The summed E-state index contributed by atoms with van der Waals surface area (Å²) in [5.41, 5.74) is 6.24. The highest BCUT2D eigenvalue weighted by atomic mass is 32.2. The molecule has 1 aliphatic heterocycles. The molecule has 162 valence electrons. The van der Waals surface area contributed by atoms with E-state index < -0.39 is 0 Å². The fourth-order valence-corrected chi connectivity index (χ4v) is 5.46. The maximum absolute atomic E-state index is 12.9. The standard InChI is InChI=1S/C23H27N5OS2/c1-16-11-25-23(30-14-18-5-3-9-24-12-18)27-22(16)19-6-4-10-28(13-19)21(29)8-7-20-17(2)26-15-31-20/h3,5,9,11-12,15,19H,4,6-8,10,13-14H2,1-2H3. The molecule has 0 saturated carbocycles. The van der Waals surface area contributed by atoms with Crippen molar-refractivity contribution >= 4 is 29.0 Å². The third-order valence-corrected chi connectivity index (χ3v) is 7.58. The lowest BCUT2D eigenvalue weighted by molar-refractivity contribution is -0.132. The van der Waals surface area contributed by atoms with Crippen molar-refractivity contribution in [1.82, 2.24) is 24.8 Å². The Balaban J connectivity index is 1.39. The van der Waals surface area contributed by atoms with Crippen LogP contribution in [0, 0.1) is 13.8 Å². The van der Waals surface area contributed by atoms with E-state index in [4.69, 9.17) is 4.98 Å². The molecule has 1 fully saturated rings. The summed E-state index contributed by atoms with van der Waals surface area (Å²) >= 11 is 3.26. The normalized spacial score (nSPS) is 16.5. The second kappa shape index (κ2) is 10.3. The van der Waals surface area contributed by atoms with Gasteiger partial charge in [0.2, 0.25) is 5.91 Å². The average molecular weight is 454 g/mol. The van der Waals surface area contributed by atoms with E-state index >= 15 is 0 Å². The first-order valence-corrected chi connectivity index (χ1v) is 12.5. The van der Waals surface area contributed by atoms with E-state index in [2.05, 4.69) is 27.9 Å². The van der Waals surface area contributed by atoms with Crippen LogP contribution in [0.4, 0.5) is 0 Å². The molecule has 0 bridgehead atoms. The van der Waals surface area contributed by atoms with Crippen molar-refractivity contribution in [2.24, 2.45) is 0 Å². The molecule has 0 aliphatic carbocycles. The van der Waals surface area contributed by atoms with E-state index in [0.717, 1.165) is 65.8 Å². The largest absolute Gasteiger partial charge is 0.342 e. The van der Waals surface area contributed by atoms with Crippen LogP contribution in [0.3, 0.4) is 0 Å². The van der Waals surface area contributed by atoms with E-state index in [0.29, 0.717) is 6.42 Å². The van der Waals surface area contributed by atoms with Crippen molar-refractivity contribution in [1.29, 1.82) is 0 Å². The Morgan fingerprint density at radius 1 is 1.29 bits per heavy atom. The predicted molar refractivity (Wildman–Crippen MR) is 124 cm³/mol. The topological polar surface area (TPSA) is 71.9 Å². The number of piperidine rings is 1. The van der Waals surface area contributed by atoms with Gasteiger partial charge in [-0.3, -0.25) is 9.78 Å². The molecule has 1 unspecified atom stereocenters. The zero-order chi connectivity index (χ0) is 21.6. The number of rotatable bonds is 7. The van der Waals surface area contributed by atoms with Crippen molar-refractivity contribution in [2.75, 3.05) is 13.1 Å². The van der Waals surface area contributed by atoms with Gasteiger partial charge in [0.1, 0.15) is 0 Å². The smallest absolute Gasteiger partial charge is 0.222 e. The minimum atomic E-state index is 0.232. The average Bonchev–Trinajstić information content (AvgIpc) is 3.22. The van der Waals surface area contributed by atoms with Gasteiger partial charge in [0.05, 0.1) is 16.9 Å². The number of likely N-dealkylation sites (tertiary alicyclic amines) is 1. The number of nitrogens with zero attached hydrogens (tertiary/aromatic N) is 5. The number of pyridine rings is 1. The van der Waals surface area contributed by atoms with Crippen LogP contribution < -0.4 is 0 Å². The van der Waals surface area contributed by atoms with Gasteiger partial charge in [0.15, 0.2) is 5.16 Å². The lowest BCUT2D eigenvalue weighted by Crippen LogP contribution is -2.39. The number of carbonyl (C=O) groups is 1. The third kappa shape index (κ3) is 5.68. The van der Waals surface area contributed by atoms with Gasteiger partial charge in [-0.05, 0) is 50.3 Å². The highest BCUT2D eigenvalue weighted by Gasteiger charge is 2.27. The Hall–Kier alpha value is -2.32. The summed E-state index contributed by atoms with van der Waals surface area (Å²) in [6.07, 6.45) is 8.97. The van der Waals surface area contributed by atoms with Gasteiger partial charge in [0.25, 0.3) is 0 Å². The molecule has 3 aromatic heterocycles. The number of carbonyl (C=O) groups excluding carboxylic acids is 1. The molecule has 0 N–H and O–H groups in total. The van der Waals surface area contributed by atoms with Crippen molar-refractivity contribution in [3.05, 3.63) is 63.6 Å². The summed E-state index contributed by atoms with van der Waals surface area (Å²) in [6, 6.07) is 4.01. The molecule has 4 heterocycles. The van der Waals surface area contributed by atoms with E-state index in [1.165, 1.54) is 4.88 Å². The van der Waals surface area contributed by atoms with E-state index in [1.807, 2.05) is 35.8 Å². The molecule has 0 radical (unpaired) electrons. The summed E-state index contributed by atoms with van der Waals surface area (Å²) in [6.45, 7) is 5.65. The second-order valence-corrected chi connectivity index (χ2v) is 9.79. The van der Waals surface area contributed by atoms with Crippen LogP contribution in [0.15, 0.2) is 41.4 Å². The minimum Gasteiger partial charge on any atom is -0.342 e. The Morgan fingerprint density at radius 3 is 2.97 bits per heavy atom. The van der Waals surface area contributed by atoms with E-state index in [1.54, 1.807) is 29.3 Å². The second-order valence-electron chi connectivity index (χ2n) is 7.91. The zero-order valence-electron chi connectivity index (χ0n) is 18.0. The van der Waals surface area contributed by atoms with Crippen LogP contribution >= 0.6 is 23.1 Å². The van der Waals surface area contributed by atoms with Crippen LogP contribution in [0.1, 0.15) is 52.6 Å². The van der Waals surface area contributed by atoms with Gasteiger partial charge in [-0.1, -0.05) is 17.8 Å². The van der Waals surface area contributed by atoms with Crippen LogP contribution in [-0.2, 0) is 17.0 Å². The van der Waals surface area contributed by atoms with Gasteiger partial charge < -0.3 is 4.90 Å². The van der Waals surface area contributed by atoms with E-state index in [9.17, 15) is 4.79 Å². The van der Waals surface area contributed by atoms with Crippen molar-refractivity contribution < 1.29 is 4.79 Å². The maximum Gasteiger partial charge on any atom is 0.222 e. The fraction of sp³-hybridized carbons (Fsp3) is 0.435. The molecule has 4 rings (SSSR count). The van der Waals surface area contributed by atoms with Gasteiger partial charge in [-0.25, -0.2) is 15.0 Å². The molecule has 1 atom stereocenters. The lowest BCUT2D eigenvalue weighted by atomic mass is 9.92. The summed E-state index contributed by atoms with van der Waals surface area (Å²) in [5.74, 6) is 1.29. The first-order chi connectivity index (χ1) is 15.1. The number of hydrogen-bond donors (Lipinski definition) is 0. The summed E-state index contributed by atoms with van der Waals surface area (Å²) in [5, 5.41) is 0.786. The Kier molecular flexibility index (Phi) is 7.29. The molecule has 0 spiro atoms. The summed E-state index contributed by atoms with van der Waals surface area (Å²) in [4.78, 5) is 34.0. The predicted octanol–water partition coefficient (Wildman–Crippen LogP) is 4.58. The monoisotopic (exact) mass is 453 g/mol. The van der Waals surface area contributed by atoms with Gasteiger partial charge in [-0.2, -0.15) is 0 Å². The highest BCUT2D eigenvalue weighted by Crippen LogP contribution is 2.30. The first kappa shape index (κ1) is 21.9. The molecule has 1 amide bonds. The first-order valence-electron chi connectivity index (χ1n) is 10.6. The third-order valence-electron chi connectivity index (χ3n) is 5.65. The Bertz CT molecular complexity index is 1020. The Labute approximate surface area is 191 Å². The van der Waals surface area contributed by atoms with Crippen LogP contribution in [0.25, 0.3) is 0 Å². The number of thioether (sulfide) groups is 1. The fourth-order valence-electron chi connectivity index (χ4n) is 3.92. The Morgan fingerprint density at radius 2 is 2.19 bits per heavy atom. The maximum atomic E-state index is 12.9. The molecule has 6 nitrogen and oxygen atoms in total. The number of hydrogen-bond acceptors (Lipinski definition) is 7. The number of aromatic nitrogens is 4. The highest BCUT2D eigenvalue weighted by molar-refractivity contribution is 7.98. The number of amides is 1. The quantitative estimate of drug-likeness (QED) is 0.385. The van der Waals surface area contributed by atoms with Crippen LogP contribution in [0.2, 0.25) is 0 Å².